The van der Waals surface area contributed by atoms with Gasteiger partial charge in [-0.25, -0.2) is 0 Å². The molecule has 1 N–H and O–H groups in total. The van der Waals surface area contributed by atoms with E-state index in [-0.39, 0.29) is 5.56 Å². The van der Waals surface area contributed by atoms with Crippen LogP contribution >= 0.6 is 0 Å². The number of nitrogens with one attached hydrogen (secondary N) is 1. The molecule has 1 fully saturated rings. The average Bonchev–Trinajstić information content (AvgIpc) is 2.01. The molecule has 0 spiro atoms. The fourth-order valence-corrected chi connectivity index (χ4v) is 1.65. The molecular formula is C9H12N2O. The minimum Gasteiger partial charge on any atom is -0.329 e. The summed E-state index contributed by atoms with van der Waals surface area (Å²) < 4.78 is 0. The number of aromatic nitrogens is 1. The summed E-state index contributed by atoms with van der Waals surface area (Å²) in [6, 6.07) is 3.80. The van der Waals surface area contributed by atoms with E-state index >= 15 is 0 Å². The van der Waals surface area contributed by atoms with E-state index in [1.807, 2.05) is 12.1 Å². The topological polar surface area (TPSA) is 36.1 Å². The van der Waals surface area contributed by atoms with Crippen LogP contribution < -0.4 is 5.56 Å². The van der Waals surface area contributed by atoms with E-state index in [4.69, 9.17) is 0 Å². The van der Waals surface area contributed by atoms with E-state index in [0.717, 1.165) is 18.7 Å². The van der Waals surface area contributed by atoms with Gasteiger partial charge in [0.15, 0.2) is 0 Å². The van der Waals surface area contributed by atoms with Crippen LogP contribution in [0.25, 0.3) is 0 Å². The summed E-state index contributed by atoms with van der Waals surface area (Å²) in [5.74, 6) is 0.444. The van der Waals surface area contributed by atoms with Gasteiger partial charge in [0, 0.05) is 30.8 Å². The Balaban J connectivity index is 2.24. The molecule has 12 heavy (non-hydrogen) atoms. The Morgan fingerprint density at radius 2 is 2.33 bits per heavy atom. The maximum absolute atomic E-state index is 11.3. The first-order valence-electron chi connectivity index (χ1n) is 4.13. The lowest BCUT2D eigenvalue weighted by Gasteiger charge is -2.35. The third kappa shape index (κ3) is 1.16. The van der Waals surface area contributed by atoms with Gasteiger partial charge in [-0.2, -0.15) is 0 Å². The predicted molar refractivity (Wildman–Crippen MR) is 47.3 cm³/mol. The van der Waals surface area contributed by atoms with Crippen LogP contribution in [-0.4, -0.2) is 30.0 Å². The van der Waals surface area contributed by atoms with Crippen molar-refractivity contribution >= 4 is 0 Å². The van der Waals surface area contributed by atoms with Crippen molar-refractivity contribution in [3.8, 4) is 0 Å². The summed E-state index contributed by atoms with van der Waals surface area (Å²) in [4.78, 5) is 16.2. The number of hydrogen-bond acceptors (Lipinski definition) is 2. The molecule has 0 radical (unpaired) electrons. The van der Waals surface area contributed by atoms with Crippen molar-refractivity contribution in [2.45, 2.75) is 5.92 Å². The average molecular weight is 164 g/mol. The Bertz CT molecular complexity index is 325. The van der Waals surface area contributed by atoms with Crippen LogP contribution in [0.2, 0.25) is 0 Å². The Morgan fingerprint density at radius 3 is 2.92 bits per heavy atom. The van der Waals surface area contributed by atoms with Gasteiger partial charge in [-0.15, -0.1) is 0 Å². The second kappa shape index (κ2) is 2.75. The van der Waals surface area contributed by atoms with Gasteiger partial charge in [-0.1, -0.05) is 6.07 Å². The summed E-state index contributed by atoms with van der Waals surface area (Å²) in [5, 5.41) is 0. The van der Waals surface area contributed by atoms with Gasteiger partial charge in [-0.3, -0.25) is 4.79 Å². The molecule has 1 aromatic heterocycles. The molecule has 2 heterocycles. The first-order valence-corrected chi connectivity index (χ1v) is 4.13. The van der Waals surface area contributed by atoms with Gasteiger partial charge in [0.1, 0.15) is 0 Å². The SMILES string of the molecule is CN1CC(c2ccc[nH]c2=O)C1. The number of aromatic amines is 1. The minimum atomic E-state index is 0.0654. The molecular weight excluding hydrogens is 152 g/mol. The van der Waals surface area contributed by atoms with Crippen LogP contribution in [0, 0.1) is 0 Å². The zero-order valence-corrected chi connectivity index (χ0v) is 7.08. The molecule has 0 saturated carbocycles. The maximum atomic E-state index is 11.3. The molecule has 0 aromatic carbocycles. The molecule has 3 heteroatoms. The van der Waals surface area contributed by atoms with Gasteiger partial charge in [0.05, 0.1) is 0 Å². The number of rotatable bonds is 1. The summed E-state index contributed by atoms with van der Waals surface area (Å²) in [7, 11) is 2.06. The second-order valence-corrected chi connectivity index (χ2v) is 3.37. The van der Waals surface area contributed by atoms with Gasteiger partial charge in [0.25, 0.3) is 5.56 Å². The quantitative estimate of drug-likeness (QED) is 0.652. The summed E-state index contributed by atoms with van der Waals surface area (Å²) in [5.41, 5.74) is 0.992. The molecule has 1 aliphatic rings. The van der Waals surface area contributed by atoms with E-state index in [1.165, 1.54) is 0 Å². The molecule has 0 bridgehead atoms. The Kier molecular flexibility index (Phi) is 1.73. The Labute approximate surface area is 71.0 Å². The minimum absolute atomic E-state index is 0.0654. The Morgan fingerprint density at radius 1 is 1.58 bits per heavy atom. The molecule has 0 unspecified atom stereocenters. The highest BCUT2D eigenvalue weighted by Crippen LogP contribution is 2.21. The summed E-state index contributed by atoms with van der Waals surface area (Å²) >= 11 is 0. The molecule has 0 atom stereocenters. The van der Waals surface area contributed by atoms with E-state index < -0.39 is 0 Å². The molecule has 0 amide bonds. The van der Waals surface area contributed by atoms with Crippen LogP contribution in [0.3, 0.4) is 0 Å². The first kappa shape index (κ1) is 7.55. The molecule has 1 aliphatic heterocycles. The van der Waals surface area contributed by atoms with Crippen molar-refractivity contribution in [2.24, 2.45) is 0 Å². The van der Waals surface area contributed by atoms with E-state index in [0.29, 0.717) is 5.92 Å². The molecule has 2 rings (SSSR count). The third-order valence-electron chi connectivity index (χ3n) is 2.35. The Hall–Kier alpha value is -1.09. The van der Waals surface area contributed by atoms with Crippen molar-refractivity contribution in [3.05, 3.63) is 34.2 Å². The standard InChI is InChI=1S/C9H12N2O/c1-11-5-7(6-11)8-3-2-4-10-9(8)12/h2-4,7H,5-6H2,1H3,(H,10,12). The maximum Gasteiger partial charge on any atom is 0.251 e. The van der Waals surface area contributed by atoms with Crippen molar-refractivity contribution < 1.29 is 0 Å². The molecule has 0 aliphatic carbocycles. The number of H-pyrrole nitrogens is 1. The molecule has 3 nitrogen and oxygen atoms in total. The number of likely N-dealkylation sites (N-methyl/N-ethyl adjacent to an activating group) is 1. The lowest BCUT2D eigenvalue weighted by Crippen LogP contribution is -2.43. The number of pyridine rings is 1. The van der Waals surface area contributed by atoms with Crippen molar-refractivity contribution in [1.29, 1.82) is 0 Å². The smallest absolute Gasteiger partial charge is 0.251 e. The lowest BCUT2D eigenvalue weighted by atomic mass is 9.93. The van der Waals surface area contributed by atoms with Gasteiger partial charge >= 0.3 is 0 Å². The van der Waals surface area contributed by atoms with Crippen LogP contribution in [0.15, 0.2) is 23.1 Å². The fraction of sp³-hybridized carbons (Fsp3) is 0.444. The molecule has 1 aromatic rings. The van der Waals surface area contributed by atoms with E-state index in [2.05, 4.69) is 16.9 Å². The predicted octanol–water partition coefficient (Wildman–Crippen LogP) is 0.404. The summed E-state index contributed by atoms with van der Waals surface area (Å²) in [6.45, 7) is 2.01. The highest BCUT2D eigenvalue weighted by atomic mass is 16.1. The third-order valence-corrected chi connectivity index (χ3v) is 2.35. The normalized spacial score (nSPS) is 19.1. The zero-order chi connectivity index (χ0) is 8.55. The second-order valence-electron chi connectivity index (χ2n) is 3.37. The van der Waals surface area contributed by atoms with Gasteiger partial charge in [-0.05, 0) is 13.1 Å². The monoisotopic (exact) mass is 164 g/mol. The zero-order valence-electron chi connectivity index (χ0n) is 7.08. The fourth-order valence-electron chi connectivity index (χ4n) is 1.65. The van der Waals surface area contributed by atoms with Gasteiger partial charge < -0.3 is 9.88 Å². The lowest BCUT2D eigenvalue weighted by molar-refractivity contribution is 0.189. The van der Waals surface area contributed by atoms with Crippen LogP contribution in [0.1, 0.15) is 11.5 Å². The highest BCUT2D eigenvalue weighted by molar-refractivity contribution is 5.18. The first-order chi connectivity index (χ1) is 5.77. The highest BCUT2D eigenvalue weighted by Gasteiger charge is 2.26. The largest absolute Gasteiger partial charge is 0.329 e. The van der Waals surface area contributed by atoms with Crippen molar-refractivity contribution in [2.75, 3.05) is 20.1 Å². The number of nitrogens with zero attached hydrogens (tertiary/aromatic N) is 1. The van der Waals surface area contributed by atoms with Crippen LogP contribution in [0.5, 0.6) is 0 Å². The van der Waals surface area contributed by atoms with E-state index in [9.17, 15) is 4.79 Å². The molecule has 64 valence electrons. The van der Waals surface area contributed by atoms with Gasteiger partial charge in [0.2, 0.25) is 0 Å². The van der Waals surface area contributed by atoms with E-state index in [1.54, 1.807) is 6.20 Å². The number of likely N-dealkylation sites (tertiary alicyclic amines) is 1. The van der Waals surface area contributed by atoms with Crippen LogP contribution in [-0.2, 0) is 0 Å². The van der Waals surface area contributed by atoms with Crippen molar-refractivity contribution in [3.63, 3.8) is 0 Å². The van der Waals surface area contributed by atoms with Crippen molar-refractivity contribution in [1.82, 2.24) is 9.88 Å². The number of hydrogen-bond donors (Lipinski definition) is 1. The molecule has 1 saturated heterocycles. The van der Waals surface area contributed by atoms with Crippen LogP contribution in [0.4, 0.5) is 0 Å². The summed E-state index contributed by atoms with van der Waals surface area (Å²) in [6.07, 6.45) is 1.67.